The molecule has 6 heteroatoms. The Morgan fingerprint density at radius 3 is 2.45 bits per heavy atom. The average Bonchev–Trinajstić information content (AvgIpc) is 2.36. The van der Waals surface area contributed by atoms with Gasteiger partial charge in [-0.1, -0.05) is 6.07 Å². The minimum atomic E-state index is -1.32. The third-order valence-corrected chi connectivity index (χ3v) is 2.64. The topological polar surface area (TPSA) is 72.5 Å². The van der Waals surface area contributed by atoms with Crippen molar-refractivity contribution < 1.29 is 23.4 Å². The molecule has 0 spiro atoms. The minimum absolute atomic E-state index is 0.190. The van der Waals surface area contributed by atoms with E-state index in [1.54, 1.807) is 6.92 Å². The highest BCUT2D eigenvalue weighted by Gasteiger charge is 2.16. The standard InChI is InChI=1S/C14H11F2NO3/c1-7-2-3-9(15)12(4-7)20-13-5-8(14(18)19)11(17)6-10(13)16/h2-6H,17H2,1H3,(H,18,19). The van der Waals surface area contributed by atoms with E-state index in [0.29, 0.717) is 0 Å². The van der Waals surface area contributed by atoms with Crippen LogP contribution in [0.15, 0.2) is 30.3 Å². The molecule has 0 aliphatic rings. The molecule has 0 fully saturated rings. The Labute approximate surface area is 113 Å². The van der Waals surface area contributed by atoms with Crippen LogP contribution in [0, 0.1) is 18.6 Å². The summed E-state index contributed by atoms with van der Waals surface area (Å²) >= 11 is 0. The van der Waals surface area contributed by atoms with Crippen LogP contribution in [0.4, 0.5) is 14.5 Å². The third kappa shape index (κ3) is 2.69. The molecule has 0 atom stereocenters. The fourth-order valence-corrected chi connectivity index (χ4v) is 1.64. The molecule has 20 heavy (non-hydrogen) atoms. The molecule has 0 aromatic heterocycles. The number of anilines is 1. The molecule has 0 saturated carbocycles. The normalized spacial score (nSPS) is 10.3. The van der Waals surface area contributed by atoms with Gasteiger partial charge >= 0.3 is 5.97 Å². The number of rotatable bonds is 3. The van der Waals surface area contributed by atoms with Crippen LogP contribution in [0.5, 0.6) is 11.5 Å². The fourth-order valence-electron chi connectivity index (χ4n) is 1.64. The molecule has 4 nitrogen and oxygen atoms in total. The SMILES string of the molecule is Cc1ccc(F)c(Oc2cc(C(=O)O)c(N)cc2F)c1. The second-order valence-corrected chi connectivity index (χ2v) is 4.21. The zero-order valence-corrected chi connectivity index (χ0v) is 10.5. The second kappa shape index (κ2) is 5.16. The number of aryl methyl sites for hydroxylation is 1. The molecule has 0 heterocycles. The first-order valence-corrected chi connectivity index (χ1v) is 5.65. The minimum Gasteiger partial charge on any atom is -0.478 e. The quantitative estimate of drug-likeness (QED) is 0.845. The van der Waals surface area contributed by atoms with Crippen molar-refractivity contribution in [1.82, 2.24) is 0 Å². The molecule has 0 aliphatic carbocycles. The van der Waals surface area contributed by atoms with Crippen molar-refractivity contribution >= 4 is 11.7 Å². The molecule has 0 saturated heterocycles. The summed E-state index contributed by atoms with van der Waals surface area (Å²) < 4.78 is 32.3. The largest absolute Gasteiger partial charge is 0.478 e. The van der Waals surface area contributed by atoms with Gasteiger partial charge in [0, 0.05) is 17.8 Å². The van der Waals surface area contributed by atoms with Gasteiger partial charge in [0.25, 0.3) is 0 Å². The lowest BCUT2D eigenvalue weighted by Gasteiger charge is -2.10. The summed E-state index contributed by atoms with van der Waals surface area (Å²) in [4.78, 5) is 10.9. The smallest absolute Gasteiger partial charge is 0.337 e. The number of aromatic carboxylic acids is 1. The van der Waals surface area contributed by atoms with Crippen LogP contribution in [-0.2, 0) is 0 Å². The van der Waals surface area contributed by atoms with Gasteiger partial charge in [-0.25, -0.2) is 13.6 Å². The van der Waals surface area contributed by atoms with E-state index < -0.39 is 23.4 Å². The van der Waals surface area contributed by atoms with E-state index in [-0.39, 0.29) is 17.0 Å². The number of benzene rings is 2. The molecule has 3 N–H and O–H groups in total. The van der Waals surface area contributed by atoms with E-state index >= 15 is 0 Å². The van der Waals surface area contributed by atoms with E-state index in [2.05, 4.69) is 0 Å². The molecule has 2 aromatic carbocycles. The lowest BCUT2D eigenvalue weighted by molar-refractivity contribution is 0.0697. The summed E-state index contributed by atoms with van der Waals surface area (Å²) in [5.74, 6) is -3.46. The predicted octanol–water partition coefficient (Wildman–Crippen LogP) is 3.35. The zero-order valence-electron chi connectivity index (χ0n) is 10.5. The summed E-state index contributed by atoms with van der Waals surface area (Å²) in [5.41, 5.74) is 5.57. The van der Waals surface area contributed by atoms with Crippen LogP contribution in [0.3, 0.4) is 0 Å². The van der Waals surface area contributed by atoms with Crippen LogP contribution >= 0.6 is 0 Å². The lowest BCUT2D eigenvalue weighted by atomic mass is 10.1. The second-order valence-electron chi connectivity index (χ2n) is 4.21. The number of nitrogen functional groups attached to an aromatic ring is 1. The third-order valence-electron chi connectivity index (χ3n) is 2.64. The van der Waals surface area contributed by atoms with Gasteiger partial charge < -0.3 is 15.6 Å². The van der Waals surface area contributed by atoms with Crippen LogP contribution in [-0.4, -0.2) is 11.1 Å². The molecule has 0 amide bonds. The van der Waals surface area contributed by atoms with Crippen LogP contribution in [0.1, 0.15) is 15.9 Å². The maximum atomic E-state index is 13.7. The van der Waals surface area contributed by atoms with Crippen molar-refractivity contribution in [2.45, 2.75) is 6.92 Å². The van der Waals surface area contributed by atoms with Gasteiger partial charge in [0.2, 0.25) is 0 Å². The zero-order chi connectivity index (χ0) is 14.9. The summed E-state index contributed by atoms with van der Waals surface area (Å²) in [7, 11) is 0. The number of carboxylic acids is 1. The van der Waals surface area contributed by atoms with Crippen LogP contribution < -0.4 is 10.5 Å². The number of halogens is 2. The highest BCUT2D eigenvalue weighted by Crippen LogP contribution is 2.30. The van der Waals surface area contributed by atoms with Crippen molar-refractivity contribution in [3.05, 3.63) is 53.1 Å². The number of carbonyl (C=O) groups is 1. The Morgan fingerprint density at radius 2 is 1.80 bits per heavy atom. The van der Waals surface area contributed by atoms with Crippen molar-refractivity contribution in [3.63, 3.8) is 0 Å². The van der Waals surface area contributed by atoms with Gasteiger partial charge in [0.15, 0.2) is 23.1 Å². The first kappa shape index (κ1) is 13.8. The monoisotopic (exact) mass is 279 g/mol. The van der Waals surface area contributed by atoms with Crippen molar-refractivity contribution in [1.29, 1.82) is 0 Å². The molecule has 0 unspecified atom stereocenters. The average molecular weight is 279 g/mol. The van der Waals surface area contributed by atoms with Crippen molar-refractivity contribution in [3.8, 4) is 11.5 Å². The maximum Gasteiger partial charge on any atom is 0.337 e. The van der Waals surface area contributed by atoms with E-state index in [9.17, 15) is 13.6 Å². The molecule has 2 aromatic rings. The lowest BCUT2D eigenvalue weighted by Crippen LogP contribution is -2.04. The van der Waals surface area contributed by atoms with Gasteiger partial charge in [-0.2, -0.15) is 0 Å². The molecule has 104 valence electrons. The molecule has 0 bridgehead atoms. The summed E-state index contributed by atoms with van der Waals surface area (Å²) in [6, 6.07) is 5.84. The summed E-state index contributed by atoms with van der Waals surface area (Å²) in [6.45, 7) is 1.72. The highest BCUT2D eigenvalue weighted by atomic mass is 19.1. The van der Waals surface area contributed by atoms with E-state index in [1.807, 2.05) is 0 Å². The van der Waals surface area contributed by atoms with Gasteiger partial charge in [0.05, 0.1) is 5.56 Å². The first-order chi connectivity index (χ1) is 9.38. The Balaban J connectivity index is 2.45. The van der Waals surface area contributed by atoms with Crippen molar-refractivity contribution in [2.24, 2.45) is 0 Å². The highest BCUT2D eigenvalue weighted by molar-refractivity contribution is 5.94. The van der Waals surface area contributed by atoms with Gasteiger partial charge in [-0.3, -0.25) is 0 Å². The maximum absolute atomic E-state index is 13.7. The number of carboxylic acid groups (broad SMARTS) is 1. The van der Waals surface area contributed by atoms with Gasteiger partial charge in [0.1, 0.15) is 0 Å². The summed E-state index contributed by atoms with van der Waals surface area (Å²) in [6.07, 6.45) is 0. The van der Waals surface area contributed by atoms with Crippen LogP contribution in [0.25, 0.3) is 0 Å². The van der Waals surface area contributed by atoms with E-state index in [0.717, 1.165) is 17.7 Å². The first-order valence-electron chi connectivity index (χ1n) is 5.65. The van der Waals surface area contributed by atoms with Gasteiger partial charge in [-0.05, 0) is 24.6 Å². The van der Waals surface area contributed by atoms with E-state index in [4.69, 9.17) is 15.6 Å². The fraction of sp³-hybridized carbons (Fsp3) is 0.0714. The number of ether oxygens (including phenoxy) is 1. The Morgan fingerprint density at radius 1 is 1.15 bits per heavy atom. The molecular formula is C14H11F2NO3. The number of nitrogens with two attached hydrogens (primary N) is 1. The van der Waals surface area contributed by atoms with Crippen molar-refractivity contribution in [2.75, 3.05) is 5.73 Å². The Bertz CT molecular complexity index is 686. The van der Waals surface area contributed by atoms with E-state index in [1.165, 1.54) is 18.2 Å². The number of hydrogen-bond acceptors (Lipinski definition) is 3. The van der Waals surface area contributed by atoms with Gasteiger partial charge in [-0.15, -0.1) is 0 Å². The Hall–Kier alpha value is -2.63. The predicted molar refractivity (Wildman–Crippen MR) is 69.0 cm³/mol. The Kier molecular flexibility index (Phi) is 3.56. The molecular weight excluding hydrogens is 268 g/mol. The summed E-state index contributed by atoms with van der Waals surface area (Å²) in [5, 5.41) is 8.91. The van der Waals surface area contributed by atoms with Crippen LogP contribution in [0.2, 0.25) is 0 Å². The molecule has 0 radical (unpaired) electrons. The molecule has 2 rings (SSSR count). The number of hydrogen-bond donors (Lipinski definition) is 2. The molecule has 0 aliphatic heterocycles.